The van der Waals surface area contributed by atoms with Crippen molar-refractivity contribution in [3.63, 3.8) is 0 Å². The van der Waals surface area contributed by atoms with Crippen LogP contribution in [0.2, 0.25) is 0 Å². The Morgan fingerprint density at radius 3 is 2.57 bits per heavy atom. The van der Waals surface area contributed by atoms with Crippen LogP contribution in [0.5, 0.6) is 11.5 Å². The number of nitrogens with two attached hydrogens (primary N) is 1. The third kappa shape index (κ3) is 2.11. The van der Waals surface area contributed by atoms with Crippen LogP contribution in [-0.2, 0) is 0 Å². The van der Waals surface area contributed by atoms with Gasteiger partial charge in [-0.15, -0.1) is 0 Å². The molecule has 1 rings (SSSR count). The van der Waals surface area contributed by atoms with Gasteiger partial charge in [0.1, 0.15) is 11.5 Å². The highest BCUT2D eigenvalue weighted by Crippen LogP contribution is 2.30. The molecule has 78 valence electrons. The molecule has 5 heteroatoms. The number of phenolic OH excluding ortho intramolecular Hbond substituents is 1. The predicted molar refractivity (Wildman–Crippen MR) is 47.6 cm³/mol. The average Bonchev–Trinajstić information content (AvgIpc) is 2.16. The lowest BCUT2D eigenvalue weighted by atomic mass is 10.1. The van der Waals surface area contributed by atoms with E-state index in [4.69, 9.17) is 15.6 Å². The molecular formula is C9H11F2NO2. The lowest BCUT2D eigenvalue weighted by molar-refractivity contribution is 0.115. The van der Waals surface area contributed by atoms with E-state index in [1.54, 1.807) is 0 Å². The van der Waals surface area contributed by atoms with E-state index in [1.165, 1.54) is 25.3 Å². The van der Waals surface area contributed by atoms with Crippen LogP contribution >= 0.6 is 0 Å². The van der Waals surface area contributed by atoms with E-state index in [0.717, 1.165) is 0 Å². The second-order valence-electron chi connectivity index (χ2n) is 2.79. The molecule has 0 saturated heterocycles. The molecule has 3 N–H and O–H groups in total. The van der Waals surface area contributed by atoms with Gasteiger partial charge in [-0.3, -0.25) is 0 Å². The standard InChI is InChI=1S/C9H11F2NO2/c1-14-7-4-5(13)2-3-6(7)8(12)9(10)11/h2-4,8-9,13H,12H2,1H3. The minimum Gasteiger partial charge on any atom is -0.508 e. The normalized spacial score (nSPS) is 12.9. The summed E-state index contributed by atoms with van der Waals surface area (Å²) >= 11 is 0. The van der Waals surface area contributed by atoms with Crippen molar-refractivity contribution < 1.29 is 18.6 Å². The van der Waals surface area contributed by atoms with E-state index in [2.05, 4.69) is 0 Å². The highest BCUT2D eigenvalue weighted by molar-refractivity contribution is 5.41. The average molecular weight is 203 g/mol. The highest BCUT2D eigenvalue weighted by atomic mass is 19.3. The lowest BCUT2D eigenvalue weighted by Gasteiger charge is -2.14. The lowest BCUT2D eigenvalue weighted by Crippen LogP contribution is -2.19. The van der Waals surface area contributed by atoms with Crippen LogP contribution in [0.3, 0.4) is 0 Å². The fraction of sp³-hybridized carbons (Fsp3) is 0.333. The highest BCUT2D eigenvalue weighted by Gasteiger charge is 2.21. The van der Waals surface area contributed by atoms with Gasteiger partial charge in [0, 0.05) is 11.6 Å². The number of methoxy groups -OCH3 is 1. The second-order valence-corrected chi connectivity index (χ2v) is 2.79. The Morgan fingerprint density at radius 2 is 2.07 bits per heavy atom. The van der Waals surface area contributed by atoms with Gasteiger partial charge in [-0.2, -0.15) is 0 Å². The van der Waals surface area contributed by atoms with Crippen molar-refractivity contribution in [2.24, 2.45) is 5.73 Å². The van der Waals surface area contributed by atoms with Crippen LogP contribution in [-0.4, -0.2) is 18.6 Å². The van der Waals surface area contributed by atoms with Crippen molar-refractivity contribution in [3.8, 4) is 11.5 Å². The molecule has 0 aliphatic heterocycles. The molecular weight excluding hydrogens is 192 g/mol. The number of halogens is 2. The first-order valence-corrected chi connectivity index (χ1v) is 3.97. The van der Waals surface area contributed by atoms with E-state index in [9.17, 15) is 8.78 Å². The molecule has 1 unspecified atom stereocenters. The Bertz CT molecular complexity index is 318. The summed E-state index contributed by atoms with van der Waals surface area (Å²) in [6.45, 7) is 0. The Labute approximate surface area is 80.1 Å². The van der Waals surface area contributed by atoms with Gasteiger partial charge in [-0.1, -0.05) is 0 Å². The first-order valence-electron chi connectivity index (χ1n) is 3.97. The van der Waals surface area contributed by atoms with E-state index in [1.807, 2.05) is 0 Å². The molecule has 0 amide bonds. The SMILES string of the molecule is COc1cc(O)ccc1C(N)C(F)F. The molecule has 0 saturated carbocycles. The van der Waals surface area contributed by atoms with Gasteiger partial charge >= 0.3 is 0 Å². The Kier molecular flexibility index (Phi) is 3.24. The number of phenols is 1. The molecule has 0 aliphatic carbocycles. The number of ether oxygens (including phenoxy) is 1. The molecule has 0 radical (unpaired) electrons. The number of hydrogen-bond acceptors (Lipinski definition) is 3. The first-order chi connectivity index (χ1) is 6.56. The van der Waals surface area contributed by atoms with Gasteiger partial charge in [0.15, 0.2) is 0 Å². The van der Waals surface area contributed by atoms with Crippen molar-refractivity contribution in [3.05, 3.63) is 23.8 Å². The maximum atomic E-state index is 12.3. The summed E-state index contributed by atoms with van der Waals surface area (Å²) in [5, 5.41) is 9.08. The van der Waals surface area contributed by atoms with Gasteiger partial charge in [-0.05, 0) is 12.1 Å². The quantitative estimate of drug-likeness (QED) is 0.785. The third-order valence-electron chi connectivity index (χ3n) is 1.85. The van der Waals surface area contributed by atoms with Crippen molar-refractivity contribution >= 4 is 0 Å². The summed E-state index contributed by atoms with van der Waals surface area (Å²) in [7, 11) is 1.33. The fourth-order valence-electron chi connectivity index (χ4n) is 1.11. The first kappa shape index (κ1) is 10.7. The van der Waals surface area contributed by atoms with Crippen LogP contribution in [0, 0.1) is 0 Å². The van der Waals surface area contributed by atoms with Crippen molar-refractivity contribution in [2.45, 2.75) is 12.5 Å². The predicted octanol–water partition coefficient (Wildman–Crippen LogP) is 1.67. The second kappa shape index (κ2) is 4.23. The smallest absolute Gasteiger partial charge is 0.257 e. The van der Waals surface area contributed by atoms with Crippen LogP contribution in [0.15, 0.2) is 18.2 Å². The molecule has 0 spiro atoms. The maximum Gasteiger partial charge on any atom is 0.257 e. The van der Waals surface area contributed by atoms with Crippen LogP contribution in [0.1, 0.15) is 11.6 Å². The van der Waals surface area contributed by atoms with Gasteiger partial charge in [0.25, 0.3) is 6.43 Å². The number of alkyl halides is 2. The summed E-state index contributed by atoms with van der Waals surface area (Å²) in [6, 6.07) is 2.47. The zero-order chi connectivity index (χ0) is 10.7. The molecule has 0 fully saturated rings. The molecule has 0 aliphatic rings. The molecule has 1 aromatic rings. The van der Waals surface area contributed by atoms with Crippen LogP contribution < -0.4 is 10.5 Å². The van der Waals surface area contributed by atoms with Crippen LogP contribution in [0.4, 0.5) is 8.78 Å². The monoisotopic (exact) mass is 203 g/mol. The summed E-state index contributed by atoms with van der Waals surface area (Å²) < 4.78 is 29.4. The zero-order valence-electron chi connectivity index (χ0n) is 7.58. The van der Waals surface area contributed by atoms with Crippen molar-refractivity contribution in [1.82, 2.24) is 0 Å². The summed E-state index contributed by atoms with van der Waals surface area (Å²) in [5.41, 5.74) is 5.43. The number of aromatic hydroxyl groups is 1. The molecule has 0 bridgehead atoms. The molecule has 3 nitrogen and oxygen atoms in total. The molecule has 0 aromatic heterocycles. The van der Waals surface area contributed by atoms with E-state index < -0.39 is 12.5 Å². The van der Waals surface area contributed by atoms with E-state index in [-0.39, 0.29) is 17.1 Å². The number of hydrogen-bond donors (Lipinski definition) is 2. The largest absolute Gasteiger partial charge is 0.508 e. The van der Waals surface area contributed by atoms with Gasteiger partial charge in [0.2, 0.25) is 0 Å². The van der Waals surface area contributed by atoms with Gasteiger partial charge < -0.3 is 15.6 Å². The Morgan fingerprint density at radius 1 is 1.43 bits per heavy atom. The van der Waals surface area contributed by atoms with Gasteiger partial charge in [-0.25, -0.2) is 8.78 Å². The summed E-state index contributed by atoms with van der Waals surface area (Å²) in [6.07, 6.45) is -2.66. The summed E-state index contributed by atoms with van der Waals surface area (Å²) in [5.74, 6) is 0.116. The minimum absolute atomic E-state index is 0.0490. The molecule has 1 atom stereocenters. The Balaban J connectivity index is 3.07. The third-order valence-corrected chi connectivity index (χ3v) is 1.85. The van der Waals surface area contributed by atoms with Crippen molar-refractivity contribution in [2.75, 3.05) is 7.11 Å². The molecule has 0 heterocycles. The van der Waals surface area contributed by atoms with Crippen LogP contribution in [0.25, 0.3) is 0 Å². The maximum absolute atomic E-state index is 12.3. The van der Waals surface area contributed by atoms with E-state index >= 15 is 0 Å². The van der Waals surface area contributed by atoms with Crippen molar-refractivity contribution in [1.29, 1.82) is 0 Å². The minimum atomic E-state index is -2.66. The molecule has 14 heavy (non-hydrogen) atoms. The number of benzene rings is 1. The fourth-order valence-corrected chi connectivity index (χ4v) is 1.11. The Hall–Kier alpha value is -1.36. The van der Waals surface area contributed by atoms with E-state index in [0.29, 0.717) is 0 Å². The zero-order valence-corrected chi connectivity index (χ0v) is 7.58. The molecule has 1 aromatic carbocycles. The summed E-state index contributed by atoms with van der Waals surface area (Å²) in [4.78, 5) is 0. The van der Waals surface area contributed by atoms with Gasteiger partial charge in [0.05, 0.1) is 13.2 Å². The topological polar surface area (TPSA) is 55.5 Å². The number of rotatable bonds is 3.